The molecule has 0 aromatic rings. The molecule has 1 N–H and O–H groups in total. The highest BCUT2D eigenvalue weighted by atomic mass is 16.2. The number of fused-ring (bicyclic) bond motifs is 2. The van der Waals surface area contributed by atoms with Gasteiger partial charge < -0.3 is 10.2 Å². The summed E-state index contributed by atoms with van der Waals surface area (Å²) in [6.45, 7) is 14.1. The second kappa shape index (κ2) is 8.74. The summed E-state index contributed by atoms with van der Waals surface area (Å²) < 4.78 is 0. The van der Waals surface area contributed by atoms with E-state index in [9.17, 15) is 4.79 Å². The molecule has 1 heterocycles. The third-order valence-corrected chi connectivity index (χ3v) is 8.77. The molecule has 3 rings (SSSR count). The fourth-order valence-electron chi connectivity index (χ4n) is 7.54. The molecule has 2 amide bonds. The van der Waals surface area contributed by atoms with E-state index >= 15 is 0 Å². The van der Waals surface area contributed by atoms with Crippen molar-refractivity contribution in [3.05, 3.63) is 0 Å². The van der Waals surface area contributed by atoms with Crippen molar-refractivity contribution in [1.29, 1.82) is 0 Å². The maximum atomic E-state index is 11.8. The van der Waals surface area contributed by atoms with Crippen molar-refractivity contribution in [3.63, 3.8) is 0 Å². The van der Waals surface area contributed by atoms with Gasteiger partial charge in [0, 0.05) is 20.1 Å². The number of hydrogen-bond acceptors (Lipinski definition) is 1. The molecule has 0 radical (unpaired) electrons. The van der Waals surface area contributed by atoms with Crippen molar-refractivity contribution in [2.24, 2.45) is 53.3 Å². The number of nitrogens with one attached hydrogen (secondary N) is 1. The number of amides is 2. The van der Waals surface area contributed by atoms with Gasteiger partial charge in [0.1, 0.15) is 0 Å². The van der Waals surface area contributed by atoms with Gasteiger partial charge >= 0.3 is 6.03 Å². The molecule has 7 atom stereocenters. The third-order valence-electron chi connectivity index (χ3n) is 8.77. The zero-order valence-corrected chi connectivity index (χ0v) is 18.7. The lowest BCUT2D eigenvalue weighted by Gasteiger charge is -2.46. The fourth-order valence-corrected chi connectivity index (χ4v) is 7.54. The summed E-state index contributed by atoms with van der Waals surface area (Å²) >= 11 is 0. The van der Waals surface area contributed by atoms with E-state index in [0.717, 1.165) is 66.4 Å². The van der Waals surface area contributed by atoms with Crippen molar-refractivity contribution in [3.8, 4) is 0 Å². The molecule has 156 valence electrons. The molecule has 7 unspecified atom stereocenters. The molecule has 2 aliphatic carbocycles. The Hall–Kier alpha value is -0.730. The van der Waals surface area contributed by atoms with Gasteiger partial charge in [-0.25, -0.2) is 4.79 Å². The highest BCUT2D eigenvalue weighted by Crippen LogP contribution is 2.57. The number of carbonyl (C=O) groups is 1. The Morgan fingerprint density at radius 3 is 2.22 bits per heavy atom. The molecule has 1 saturated heterocycles. The molecule has 3 aliphatic rings. The topological polar surface area (TPSA) is 32.3 Å². The normalized spacial score (nSPS) is 33.8. The van der Waals surface area contributed by atoms with Crippen LogP contribution >= 0.6 is 0 Å². The Kier molecular flexibility index (Phi) is 6.79. The van der Waals surface area contributed by atoms with E-state index in [1.807, 2.05) is 4.90 Å². The summed E-state index contributed by atoms with van der Waals surface area (Å²) in [7, 11) is 1.74. The number of likely N-dealkylation sites (tertiary alicyclic amines) is 1. The number of rotatable bonds is 8. The first-order chi connectivity index (χ1) is 12.9. The van der Waals surface area contributed by atoms with Crippen LogP contribution in [0, 0.1) is 53.3 Å². The van der Waals surface area contributed by atoms with Crippen molar-refractivity contribution >= 4 is 6.03 Å². The van der Waals surface area contributed by atoms with E-state index < -0.39 is 0 Å². The van der Waals surface area contributed by atoms with E-state index in [1.54, 1.807) is 7.05 Å². The summed E-state index contributed by atoms with van der Waals surface area (Å²) in [4.78, 5) is 13.8. The first-order valence-electron chi connectivity index (χ1n) is 11.9. The summed E-state index contributed by atoms with van der Waals surface area (Å²) in [6.07, 6.45) is 8.61. The monoisotopic (exact) mass is 376 g/mol. The number of urea groups is 1. The second-order valence-electron chi connectivity index (χ2n) is 10.5. The van der Waals surface area contributed by atoms with Crippen molar-refractivity contribution < 1.29 is 4.79 Å². The van der Waals surface area contributed by atoms with E-state index in [2.05, 4.69) is 39.9 Å². The summed E-state index contributed by atoms with van der Waals surface area (Å²) in [5, 5.41) is 2.77. The van der Waals surface area contributed by atoms with Gasteiger partial charge in [-0.15, -0.1) is 0 Å². The quantitative estimate of drug-likeness (QED) is 0.583. The molecule has 0 aromatic heterocycles. The van der Waals surface area contributed by atoms with E-state index in [0.29, 0.717) is 0 Å². The Bertz CT molecular complexity index is 499. The smallest absolute Gasteiger partial charge is 0.317 e. The predicted octanol–water partition coefficient (Wildman–Crippen LogP) is 5.65. The van der Waals surface area contributed by atoms with Crippen LogP contribution in [-0.2, 0) is 0 Å². The average Bonchev–Trinajstić information content (AvgIpc) is 3.17. The summed E-state index contributed by atoms with van der Waals surface area (Å²) in [6, 6.07) is 0.101. The minimum atomic E-state index is 0.101. The van der Waals surface area contributed by atoms with E-state index in [-0.39, 0.29) is 6.03 Å². The van der Waals surface area contributed by atoms with E-state index in [1.165, 1.54) is 38.5 Å². The van der Waals surface area contributed by atoms with Crippen LogP contribution in [0.2, 0.25) is 0 Å². The molecule has 1 aliphatic heterocycles. The van der Waals surface area contributed by atoms with Gasteiger partial charge in [0.15, 0.2) is 0 Å². The van der Waals surface area contributed by atoms with Crippen LogP contribution in [0.3, 0.4) is 0 Å². The van der Waals surface area contributed by atoms with Gasteiger partial charge in [-0.1, -0.05) is 47.5 Å². The van der Waals surface area contributed by atoms with Crippen LogP contribution in [0.5, 0.6) is 0 Å². The highest BCUT2D eigenvalue weighted by molar-refractivity contribution is 5.74. The Labute approximate surface area is 168 Å². The fraction of sp³-hybridized carbons (Fsp3) is 0.958. The van der Waals surface area contributed by atoms with Crippen LogP contribution in [-0.4, -0.2) is 31.1 Å². The first-order valence-corrected chi connectivity index (χ1v) is 11.9. The molecule has 3 heteroatoms. The lowest BCUT2D eigenvalue weighted by Crippen LogP contribution is -2.56. The van der Waals surface area contributed by atoms with Gasteiger partial charge in [0.05, 0.1) is 0 Å². The molecule has 2 saturated carbocycles. The molecule has 0 aromatic carbocycles. The lowest BCUT2D eigenvalue weighted by atomic mass is 9.66. The first kappa shape index (κ1) is 21.0. The van der Waals surface area contributed by atoms with Crippen molar-refractivity contribution in [1.82, 2.24) is 10.2 Å². The zero-order valence-electron chi connectivity index (χ0n) is 18.7. The van der Waals surface area contributed by atoms with Crippen molar-refractivity contribution in [2.45, 2.75) is 73.1 Å². The van der Waals surface area contributed by atoms with Crippen LogP contribution in [0.4, 0.5) is 4.79 Å². The summed E-state index contributed by atoms with van der Waals surface area (Å²) in [5.74, 6) is 8.09. The Balaban J connectivity index is 1.56. The minimum absolute atomic E-state index is 0.101. The van der Waals surface area contributed by atoms with Gasteiger partial charge in [0.2, 0.25) is 0 Å². The molecule has 3 nitrogen and oxygen atoms in total. The highest BCUT2D eigenvalue weighted by Gasteiger charge is 2.49. The van der Waals surface area contributed by atoms with Gasteiger partial charge in [0.25, 0.3) is 0 Å². The average molecular weight is 377 g/mol. The molecule has 2 bridgehead atoms. The maximum absolute atomic E-state index is 11.8. The summed E-state index contributed by atoms with van der Waals surface area (Å²) in [5.41, 5.74) is 0. The maximum Gasteiger partial charge on any atom is 0.317 e. The number of nitrogens with zero attached hydrogens (tertiary/aromatic N) is 1. The van der Waals surface area contributed by atoms with Crippen LogP contribution < -0.4 is 5.32 Å². The van der Waals surface area contributed by atoms with Crippen LogP contribution in [0.15, 0.2) is 0 Å². The van der Waals surface area contributed by atoms with Crippen LogP contribution in [0.1, 0.15) is 73.1 Å². The number of hydrogen-bond donors (Lipinski definition) is 1. The molecular formula is C24H44N2O. The largest absolute Gasteiger partial charge is 0.341 e. The van der Waals surface area contributed by atoms with Crippen molar-refractivity contribution in [2.75, 3.05) is 20.1 Å². The van der Waals surface area contributed by atoms with Gasteiger partial charge in [-0.2, -0.15) is 0 Å². The molecular weight excluding hydrogens is 332 g/mol. The zero-order chi connectivity index (χ0) is 19.7. The second-order valence-corrected chi connectivity index (χ2v) is 10.5. The predicted molar refractivity (Wildman–Crippen MR) is 114 cm³/mol. The van der Waals surface area contributed by atoms with Crippen LogP contribution in [0.25, 0.3) is 0 Å². The molecule has 27 heavy (non-hydrogen) atoms. The third kappa shape index (κ3) is 4.17. The standard InChI is InChI=1S/C24H44N2O/c1-7-20(15(3)4)23-12-17-10-18(22(23)11-17)9-16(5)21(8-2)19-13-26(14-19)24(27)25-6/h15-23H,7-14H2,1-6H3,(H,25,27). The molecule has 3 fully saturated rings. The number of carbonyl (C=O) groups excluding carboxylic acids is 1. The minimum Gasteiger partial charge on any atom is -0.341 e. The van der Waals surface area contributed by atoms with Gasteiger partial charge in [-0.05, 0) is 78.9 Å². The Morgan fingerprint density at radius 1 is 1.04 bits per heavy atom. The SMILES string of the molecule is CCC(C(C)CC1CC2CC1C(C(CC)C(C)C)C2)C1CN(C(=O)NC)C1. The lowest BCUT2D eigenvalue weighted by molar-refractivity contribution is 0.0459. The molecule has 0 spiro atoms. The van der Waals surface area contributed by atoms with Gasteiger partial charge in [-0.3, -0.25) is 0 Å². The van der Waals surface area contributed by atoms with E-state index in [4.69, 9.17) is 0 Å². The Morgan fingerprint density at radius 2 is 1.70 bits per heavy atom.